The third-order valence-electron chi connectivity index (χ3n) is 4.08. The normalized spacial score (nSPS) is 11.8. The molecule has 140 valence electrons. The molecule has 6 heteroatoms. The van der Waals surface area contributed by atoms with Crippen molar-refractivity contribution in [1.29, 1.82) is 0 Å². The van der Waals surface area contributed by atoms with Crippen molar-refractivity contribution in [2.45, 2.75) is 26.4 Å². The zero-order valence-corrected chi connectivity index (χ0v) is 16.1. The molecule has 2 aromatic carbocycles. The Bertz CT molecular complexity index is 891. The van der Waals surface area contributed by atoms with Crippen LogP contribution in [0, 0.1) is 12.7 Å². The Hall–Kier alpha value is -2.73. The summed E-state index contributed by atoms with van der Waals surface area (Å²) in [7, 11) is 0. The molecule has 1 atom stereocenters. The molecule has 0 radical (unpaired) electrons. The van der Waals surface area contributed by atoms with Crippen molar-refractivity contribution in [2.24, 2.45) is 0 Å². The van der Waals surface area contributed by atoms with E-state index in [9.17, 15) is 9.18 Å². The Morgan fingerprint density at radius 2 is 1.89 bits per heavy atom. The highest BCUT2D eigenvalue weighted by molar-refractivity contribution is 7.09. The Labute approximate surface area is 162 Å². The number of ether oxygens (including phenoxy) is 1. The maximum atomic E-state index is 12.9. The number of aromatic nitrogens is 1. The molecule has 3 rings (SSSR count). The number of nitrogens with one attached hydrogen (secondary N) is 1. The van der Waals surface area contributed by atoms with Gasteiger partial charge in [-0.25, -0.2) is 9.37 Å². The summed E-state index contributed by atoms with van der Waals surface area (Å²) in [4.78, 5) is 16.6. The van der Waals surface area contributed by atoms with Crippen LogP contribution in [0.5, 0.6) is 5.75 Å². The molecule has 1 aromatic heterocycles. The second-order valence-corrected chi connectivity index (χ2v) is 7.27. The molecule has 1 unspecified atom stereocenters. The zero-order valence-electron chi connectivity index (χ0n) is 15.2. The van der Waals surface area contributed by atoms with Crippen molar-refractivity contribution in [3.05, 3.63) is 70.3 Å². The van der Waals surface area contributed by atoms with Crippen molar-refractivity contribution in [3.8, 4) is 17.0 Å². The van der Waals surface area contributed by atoms with Gasteiger partial charge in [-0.1, -0.05) is 24.3 Å². The number of hydrogen-bond donors (Lipinski definition) is 1. The first kappa shape index (κ1) is 19.0. The summed E-state index contributed by atoms with van der Waals surface area (Å²) in [6.07, 6.45) is 0.0801. The number of carbonyl (C=O) groups excluding carboxylic acids is 1. The van der Waals surface area contributed by atoms with Gasteiger partial charge in [0.05, 0.1) is 10.7 Å². The van der Waals surface area contributed by atoms with Gasteiger partial charge in [-0.05, 0) is 50.1 Å². The zero-order chi connectivity index (χ0) is 19.2. The van der Waals surface area contributed by atoms with Gasteiger partial charge in [0.15, 0.2) is 6.10 Å². The first-order valence-corrected chi connectivity index (χ1v) is 9.60. The van der Waals surface area contributed by atoms with Gasteiger partial charge in [0, 0.05) is 17.5 Å². The predicted molar refractivity (Wildman–Crippen MR) is 105 cm³/mol. The predicted octanol–water partition coefficient (Wildman–Crippen LogP) is 4.38. The standard InChI is InChI=1S/C21H21FN2O2S/c1-14(26-19-9-7-18(22)8-10-19)21(25)23-12-11-16-3-5-17(6-4-16)20-13-27-15(2)24-20/h3-10,13-14H,11-12H2,1-2H3,(H,23,25). The number of carbonyl (C=O) groups is 1. The molecule has 1 heterocycles. The van der Waals surface area contributed by atoms with Crippen LogP contribution in [0.1, 0.15) is 17.5 Å². The highest BCUT2D eigenvalue weighted by Gasteiger charge is 2.14. The molecular weight excluding hydrogens is 363 g/mol. The fourth-order valence-corrected chi connectivity index (χ4v) is 3.20. The van der Waals surface area contributed by atoms with Crippen molar-refractivity contribution >= 4 is 17.2 Å². The lowest BCUT2D eigenvalue weighted by molar-refractivity contribution is -0.127. The average molecular weight is 384 g/mol. The van der Waals surface area contributed by atoms with Crippen molar-refractivity contribution in [3.63, 3.8) is 0 Å². The topological polar surface area (TPSA) is 51.2 Å². The summed E-state index contributed by atoms with van der Waals surface area (Å²) >= 11 is 1.64. The van der Waals surface area contributed by atoms with E-state index in [0.717, 1.165) is 28.2 Å². The lowest BCUT2D eigenvalue weighted by Crippen LogP contribution is -2.37. The molecule has 3 aromatic rings. The quantitative estimate of drug-likeness (QED) is 0.658. The van der Waals surface area contributed by atoms with E-state index in [1.165, 1.54) is 24.3 Å². The fraction of sp³-hybridized carbons (Fsp3) is 0.238. The van der Waals surface area contributed by atoms with Crippen LogP contribution >= 0.6 is 11.3 Å². The largest absolute Gasteiger partial charge is 0.481 e. The smallest absolute Gasteiger partial charge is 0.260 e. The van der Waals surface area contributed by atoms with Gasteiger partial charge < -0.3 is 10.1 Å². The highest BCUT2D eigenvalue weighted by atomic mass is 32.1. The SMILES string of the molecule is Cc1nc(-c2ccc(CCNC(=O)C(C)Oc3ccc(F)cc3)cc2)cs1. The highest BCUT2D eigenvalue weighted by Crippen LogP contribution is 2.21. The van der Waals surface area contributed by atoms with E-state index < -0.39 is 6.10 Å². The number of amides is 1. The number of rotatable bonds is 7. The number of nitrogens with zero attached hydrogens (tertiary/aromatic N) is 1. The van der Waals surface area contributed by atoms with Gasteiger partial charge in [-0.2, -0.15) is 0 Å². The number of thiazole rings is 1. The van der Waals surface area contributed by atoms with E-state index >= 15 is 0 Å². The van der Waals surface area contributed by atoms with Gasteiger partial charge in [0.1, 0.15) is 11.6 Å². The van der Waals surface area contributed by atoms with Crippen molar-refractivity contribution in [2.75, 3.05) is 6.54 Å². The van der Waals surface area contributed by atoms with Crippen LogP contribution in [0.15, 0.2) is 53.9 Å². The molecule has 0 bridgehead atoms. The second-order valence-electron chi connectivity index (χ2n) is 6.20. The second kappa shape index (κ2) is 8.77. The van der Waals surface area contributed by atoms with Crippen LogP contribution in [-0.4, -0.2) is 23.5 Å². The molecule has 1 amide bonds. The van der Waals surface area contributed by atoms with E-state index in [1.54, 1.807) is 18.3 Å². The number of benzene rings is 2. The van der Waals surface area contributed by atoms with Gasteiger partial charge >= 0.3 is 0 Å². The molecule has 0 aliphatic rings. The first-order valence-electron chi connectivity index (χ1n) is 8.72. The van der Waals surface area contributed by atoms with Crippen LogP contribution in [-0.2, 0) is 11.2 Å². The number of aryl methyl sites for hydroxylation is 1. The summed E-state index contributed by atoms with van der Waals surface area (Å²) in [5, 5.41) is 5.96. The average Bonchev–Trinajstić information content (AvgIpc) is 3.10. The fourth-order valence-electron chi connectivity index (χ4n) is 2.58. The number of hydrogen-bond acceptors (Lipinski definition) is 4. The maximum absolute atomic E-state index is 12.9. The molecule has 4 nitrogen and oxygen atoms in total. The van der Waals surface area contributed by atoms with E-state index in [4.69, 9.17) is 4.74 Å². The lowest BCUT2D eigenvalue weighted by atomic mass is 10.1. The third kappa shape index (κ3) is 5.37. The molecule has 27 heavy (non-hydrogen) atoms. The lowest BCUT2D eigenvalue weighted by Gasteiger charge is -2.14. The summed E-state index contributed by atoms with van der Waals surface area (Å²) in [6, 6.07) is 13.8. The van der Waals surface area contributed by atoms with Gasteiger partial charge in [0.2, 0.25) is 0 Å². The minimum absolute atomic E-state index is 0.200. The van der Waals surface area contributed by atoms with Crippen LogP contribution in [0.3, 0.4) is 0 Å². The Morgan fingerprint density at radius 3 is 2.52 bits per heavy atom. The van der Waals surface area contributed by atoms with Gasteiger partial charge in [-0.15, -0.1) is 11.3 Å². The number of halogens is 1. The molecule has 0 saturated carbocycles. The van der Waals surface area contributed by atoms with E-state index in [1.807, 2.05) is 24.4 Å². The summed E-state index contributed by atoms with van der Waals surface area (Å²) in [5.74, 6) is -0.0730. The maximum Gasteiger partial charge on any atom is 0.260 e. The summed E-state index contributed by atoms with van der Waals surface area (Å²) < 4.78 is 18.4. The first-order chi connectivity index (χ1) is 13.0. The van der Waals surface area contributed by atoms with E-state index in [0.29, 0.717) is 12.3 Å². The Balaban J connectivity index is 1.46. The molecule has 0 fully saturated rings. The summed E-state index contributed by atoms with van der Waals surface area (Å²) in [5.41, 5.74) is 3.22. The molecular formula is C21H21FN2O2S. The van der Waals surface area contributed by atoms with Crippen molar-refractivity contribution < 1.29 is 13.9 Å². The van der Waals surface area contributed by atoms with Crippen LogP contribution < -0.4 is 10.1 Å². The molecule has 0 spiro atoms. The molecule has 1 N–H and O–H groups in total. The van der Waals surface area contributed by atoms with Crippen LogP contribution in [0.4, 0.5) is 4.39 Å². The molecule has 0 saturated heterocycles. The molecule has 0 aliphatic carbocycles. The van der Waals surface area contributed by atoms with Crippen LogP contribution in [0.25, 0.3) is 11.3 Å². The monoisotopic (exact) mass is 384 g/mol. The van der Waals surface area contributed by atoms with E-state index in [2.05, 4.69) is 22.4 Å². The Morgan fingerprint density at radius 1 is 1.19 bits per heavy atom. The van der Waals surface area contributed by atoms with Crippen molar-refractivity contribution in [1.82, 2.24) is 10.3 Å². The van der Waals surface area contributed by atoms with E-state index in [-0.39, 0.29) is 11.7 Å². The van der Waals surface area contributed by atoms with Gasteiger partial charge in [-0.3, -0.25) is 4.79 Å². The third-order valence-corrected chi connectivity index (χ3v) is 4.85. The summed E-state index contributed by atoms with van der Waals surface area (Å²) in [6.45, 7) is 4.18. The minimum Gasteiger partial charge on any atom is -0.481 e. The Kier molecular flexibility index (Phi) is 6.19. The molecule has 0 aliphatic heterocycles. The van der Waals surface area contributed by atoms with Crippen LogP contribution in [0.2, 0.25) is 0 Å². The minimum atomic E-state index is -0.647. The van der Waals surface area contributed by atoms with Gasteiger partial charge in [0.25, 0.3) is 5.91 Å².